The number of hydrogen-bond acceptors (Lipinski definition) is 3. The molecule has 5 saturated carbocycles. The number of fused-ring (bicyclic) bond motifs is 5. The lowest BCUT2D eigenvalue weighted by Gasteiger charge is -2.62. The fourth-order valence-corrected chi connectivity index (χ4v) is 11.9. The third kappa shape index (κ3) is 6.59. The molecule has 0 bridgehead atoms. The molecule has 5 fully saturated rings. The van der Waals surface area contributed by atoms with Crippen molar-refractivity contribution in [1.29, 1.82) is 0 Å². The second-order valence-corrected chi connectivity index (χ2v) is 15.7. The molecule has 4 nitrogen and oxygen atoms in total. The molecule has 0 radical (unpaired) electrons. The van der Waals surface area contributed by atoms with Gasteiger partial charge in [-0.05, 0) is 123 Å². The zero-order chi connectivity index (χ0) is 28.0. The lowest BCUT2D eigenvalue weighted by molar-refractivity contribution is -0.135. The van der Waals surface area contributed by atoms with Gasteiger partial charge in [-0.25, -0.2) is 13.7 Å². The summed E-state index contributed by atoms with van der Waals surface area (Å²) < 4.78 is 20.4. The summed E-state index contributed by atoms with van der Waals surface area (Å²) in [7, 11) is -1.29. The van der Waals surface area contributed by atoms with Crippen LogP contribution in [0.15, 0.2) is 0 Å². The van der Waals surface area contributed by atoms with Crippen LogP contribution in [0, 0.1) is 46.3 Å². The van der Waals surface area contributed by atoms with E-state index in [2.05, 4.69) is 25.5 Å². The number of nitrogens with one attached hydrogen (secondary N) is 1. The van der Waals surface area contributed by atoms with Gasteiger partial charge in [-0.2, -0.15) is 0 Å². The topological polar surface area (TPSA) is 55.4 Å². The van der Waals surface area contributed by atoms with Gasteiger partial charge < -0.3 is 4.74 Å². The fraction of sp³-hybridized carbons (Fsp3) is 0.971. The quantitative estimate of drug-likeness (QED) is 0.299. The Balaban J connectivity index is 0.00000172. The maximum absolute atomic E-state index is 12.4. The van der Waals surface area contributed by atoms with Crippen LogP contribution in [-0.4, -0.2) is 22.2 Å². The molecule has 1 amide bonds. The Morgan fingerprint density at radius 3 is 2.31 bits per heavy atom. The third-order valence-corrected chi connectivity index (χ3v) is 14.1. The first-order valence-electron chi connectivity index (χ1n) is 17.2. The van der Waals surface area contributed by atoms with Gasteiger partial charge in [0.1, 0.15) is 11.0 Å². The van der Waals surface area contributed by atoms with Gasteiger partial charge in [0.15, 0.2) is 0 Å². The molecule has 0 aromatic carbocycles. The van der Waals surface area contributed by atoms with Crippen LogP contribution in [0.1, 0.15) is 150 Å². The zero-order valence-electron chi connectivity index (χ0n) is 26.1. The predicted molar refractivity (Wildman–Crippen MR) is 164 cm³/mol. The van der Waals surface area contributed by atoms with Crippen LogP contribution >= 0.6 is 0 Å². The summed E-state index contributed by atoms with van der Waals surface area (Å²) >= 11 is 0. The summed E-state index contributed by atoms with van der Waals surface area (Å²) in [5, 5.41) is 0.107. The van der Waals surface area contributed by atoms with E-state index in [1.807, 2.05) is 13.8 Å². The molecule has 0 aliphatic heterocycles. The van der Waals surface area contributed by atoms with Gasteiger partial charge in [0.25, 0.3) is 0 Å². The zero-order valence-corrected chi connectivity index (χ0v) is 26.9. The number of unbranched alkanes of at least 4 members (excludes halogenated alkanes) is 1. The minimum atomic E-state index is -1.29. The molecule has 0 spiro atoms. The lowest BCUT2D eigenvalue weighted by atomic mass is 9.42. The van der Waals surface area contributed by atoms with Crippen LogP contribution in [-0.2, 0) is 15.7 Å². The first-order valence-corrected chi connectivity index (χ1v) is 18.4. The lowest BCUT2D eigenvalue weighted by Crippen LogP contribution is -2.55. The Morgan fingerprint density at radius 2 is 1.56 bits per heavy atom. The molecule has 5 aliphatic carbocycles. The Kier molecular flexibility index (Phi) is 11.3. The molecule has 0 heterocycles. The van der Waals surface area contributed by atoms with Crippen molar-refractivity contribution in [2.45, 2.75) is 155 Å². The smallest absolute Gasteiger partial charge is 0.419 e. The number of ether oxygens (including phenoxy) is 1. The van der Waals surface area contributed by atoms with E-state index >= 15 is 0 Å². The Morgan fingerprint density at radius 1 is 0.846 bits per heavy atom. The number of hydrogen-bond donors (Lipinski definition) is 1. The van der Waals surface area contributed by atoms with Gasteiger partial charge in [0.05, 0.1) is 11.9 Å². The van der Waals surface area contributed by atoms with Crippen LogP contribution in [0.3, 0.4) is 0 Å². The molecule has 0 saturated heterocycles. The first kappa shape index (κ1) is 31.4. The van der Waals surface area contributed by atoms with Gasteiger partial charge in [-0.1, -0.05) is 73.1 Å². The highest BCUT2D eigenvalue weighted by molar-refractivity contribution is 7.84. The van der Waals surface area contributed by atoms with Gasteiger partial charge in [-0.15, -0.1) is 0 Å². The fourth-order valence-electron chi connectivity index (χ4n) is 10.7. The second kappa shape index (κ2) is 14.1. The highest BCUT2D eigenvalue weighted by atomic mass is 32.2. The van der Waals surface area contributed by atoms with Crippen LogP contribution in [0.2, 0.25) is 0 Å². The Labute approximate surface area is 243 Å². The molecule has 5 heteroatoms. The molecular weight excluding hydrogens is 502 g/mol. The highest BCUT2D eigenvalue weighted by Crippen LogP contribution is 2.69. The van der Waals surface area contributed by atoms with Crippen molar-refractivity contribution in [3.63, 3.8) is 0 Å². The molecule has 0 aromatic rings. The van der Waals surface area contributed by atoms with Crippen molar-refractivity contribution < 1.29 is 13.7 Å². The molecule has 1 N–H and O–H groups in total. The van der Waals surface area contributed by atoms with Crippen LogP contribution < -0.4 is 4.72 Å². The molecule has 39 heavy (non-hydrogen) atoms. The highest BCUT2D eigenvalue weighted by Gasteiger charge is 2.60. The average Bonchev–Trinajstić information content (AvgIpc) is 3.30. The standard InChI is InChI=1S/C32H55NO3S.C2H6/c1-4-23-22-26-28-17-16-24(31(28,2)20-18-29(26)32(3)19-10-8-15-27(23)32)12-9-11-21-36-30(34)33-37(35)25-13-6-5-7-14-25;1-2/h23-29H,4-22H2,1-3H3,(H,33,34);1-2H3/t23-,24?,26?,27?,28-,29-,31?,32?,37?;/m0./s1. The monoisotopic (exact) mass is 563 g/mol. The molecule has 9 atom stereocenters. The summed E-state index contributed by atoms with van der Waals surface area (Å²) in [5.74, 6) is 5.66. The summed E-state index contributed by atoms with van der Waals surface area (Å²) in [4.78, 5) is 12.1. The maximum atomic E-state index is 12.4. The third-order valence-electron chi connectivity index (χ3n) is 12.7. The van der Waals surface area contributed by atoms with E-state index in [9.17, 15) is 9.00 Å². The second-order valence-electron chi connectivity index (χ2n) is 14.2. The van der Waals surface area contributed by atoms with Gasteiger partial charge in [-0.3, -0.25) is 0 Å². The largest absolute Gasteiger partial charge is 0.449 e. The van der Waals surface area contributed by atoms with E-state index in [1.165, 1.54) is 77.0 Å². The van der Waals surface area contributed by atoms with E-state index in [4.69, 9.17) is 4.74 Å². The summed E-state index contributed by atoms with van der Waals surface area (Å²) in [6, 6.07) is 0. The first-order chi connectivity index (χ1) is 18.9. The van der Waals surface area contributed by atoms with Crippen molar-refractivity contribution in [2.75, 3.05) is 6.61 Å². The molecule has 5 aliphatic rings. The van der Waals surface area contributed by atoms with E-state index in [1.54, 1.807) is 0 Å². The predicted octanol–water partition coefficient (Wildman–Crippen LogP) is 9.59. The van der Waals surface area contributed by atoms with Crippen LogP contribution in [0.5, 0.6) is 0 Å². The van der Waals surface area contributed by atoms with E-state index in [0.717, 1.165) is 74.0 Å². The Bertz CT molecular complexity index is 812. The maximum Gasteiger partial charge on any atom is 0.419 e. The number of carbonyl (C=O) groups excluding carboxylic acids is 1. The average molecular weight is 564 g/mol. The number of carbonyl (C=O) groups is 1. The summed E-state index contributed by atoms with van der Waals surface area (Å²) in [6.07, 6.45) is 22.8. The van der Waals surface area contributed by atoms with Gasteiger partial charge >= 0.3 is 6.09 Å². The minimum Gasteiger partial charge on any atom is -0.449 e. The van der Waals surface area contributed by atoms with Gasteiger partial charge in [0, 0.05) is 0 Å². The molecule has 5 rings (SSSR count). The molecule has 6 unspecified atom stereocenters. The van der Waals surface area contributed by atoms with Crippen LogP contribution in [0.25, 0.3) is 0 Å². The summed E-state index contributed by atoms with van der Waals surface area (Å²) in [5.41, 5.74) is 1.13. The Hall–Kier alpha value is -0.580. The summed E-state index contributed by atoms with van der Waals surface area (Å²) in [6.45, 7) is 12.3. The molecular formula is C34H61NO3S. The number of rotatable bonds is 8. The molecule has 0 aromatic heterocycles. The van der Waals surface area contributed by atoms with Crippen molar-refractivity contribution in [1.82, 2.24) is 4.72 Å². The molecule has 226 valence electrons. The van der Waals surface area contributed by atoms with Crippen LogP contribution in [0.4, 0.5) is 4.79 Å². The van der Waals surface area contributed by atoms with Gasteiger partial charge in [0.2, 0.25) is 0 Å². The van der Waals surface area contributed by atoms with Crippen molar-refractivity contribution in [3.8, 4) is 0 Å². The van der Waals surface area contributed by atoms with Crippen molar-refractivity contribution >= 4 is 17.1 Å². The number of amides is 1. The van der Waals surface area contributed by atoms with E-state index < -0.39 is 17.1 Å². The van der Waals surface area contributed by atoms with Crippen molar-refractivity contribution in [2.24, 2.45) is 46.3 Å². The van der Waals surface area contributed by atoms with E-state index in [-0.39, 0.29) is 5.25 Å². The minimum absolute atomic E-state index is 0.107. The van der Waals surface area contributed by atoms with Crippen molar-refractivity contribution in [3.05, 3.63) is 0 Å². The van der Waals surface area contributed by atoms with E-state index in [0.29, 0.717) is 17.4 Å². The normalized spacial score (nSPS) is 40.7. The SMILES string of the molecule is CC.CC[C@H]1CC2[C@@H]3CCC(CCCCOC(=O)NS(=O)C4CCCCC4)C3(C)CC[C@@H]2C2(C)CCCCC12.